The number of halogens is 2. The Bertz CT molecular complexity index is 932. The van der Waals surface area contributed by atoms with Crippen molar-refractivity contribution in [3.05, 3.63) is 63.1 Å². The summed E-state index contributed by atoms with van der Waals surface area (Å²) in [5.41, 5.74) is 0.837. The Morgan fingerprint density at radius 1 is 1.22 bits per heavy atom. The number of urea groups is 1. The molecule has 2 N–H and O–H groups in total. The second-order valence-corrected chi connectivity index (χ2v) is 7.81. The van der Waals surface area contributed by atoms with Crippen molar-refractivity contribution in [3.63, 3.8) is 0 Å². The number of hydrogen-bond donors (Lipinski definition) is 2. The van der Waals surface area contributed by atoms with Gasteiger partial charge in [-0.1, -0.05) is 39.7 Å². The van der Waals surface area contributed by atoms with Crippen LogP contribution >= 0.6 is 27.5 Å². The molecule has 2 aromatic carbocycles. The van der Waals surface area contributed by atoms with E-state index in [2.05, 4.69) is 26.6 Å². The van der Waals surface area contributed by atoms with Crippen LogP contribution in [0.4, 0.5) is 10.5 Å². The first kappa shape index (κ1) is 19.4. The third-order valence-electron chi connectivity index (χ3n) is 4.46. The van der Waals surface area contributed by atoms with E-state index >= 15 is 0 Å². The van der Waals surface area contributed by atoms with Crippen molar-refractivity contribution >= 4 is 51.1 Å². The standard InChI is InChI=1S/C19H17BrClN3O3/c1-11-9-13(20)5-8-15(11)22-16(25)10-24-17(26)19(2,23-18(24)27)12-3-6-14(21)7-4-12/h3-9H,10H2,1-2H3,(H,22,25)(H,23,27). The highest BCUT2D eigenvalue weighted by Gasteiger charge is 2.49. The zero-order valence-electron chi connectivity index (χ0n) is 14.7. The fourth-order valence-electron chi connectivity index (χ4n) is 2.92. The molecule has 0 saturated carbocycles. The minimum Gasteiger partial charge on any atom is -0.324 e. The SMILES string of the molecule is Cc1cc(Br)ccc1NC(=O)CN1C(=O)NC(C)(c2ccc(Cl)cc2)C1=O. The summed E-state index contributed by atoms with van der Waals surface area (Å²) in [6.07, 6.45) is 0. The van der Waals surface area contributed by atoms with Gasteiger partial charge in [0, 0.05) is 15.2 Å². The van der Waals surface area contributed by atoms with E-state index in [1.54, 1.807) is 43.3 Å². The average Bonchev–Trinajstić information content (AvgIpc) is 2.82. The van der Waals surface area contributed by atoms with Crippen LogP contribution < -0.4 is 10.6 Å². The smallest absolute Gasteiger partial charge is 0.324 e. The highest BCUT2D eigenvalue weighted by atomic mass is 79.9. The fraction of sp³-hybridized carbons (Fsp3) is 0.211. The van der Waals surface area contributed by atoms with Crippen LogP contribution in [0, 0.1) is 6.92 Å². The summed E-state index contributed by atoms with van der Waals surface area (Å²) in [6, 6.07) is 11.4. The van der Waals surface area contributed by atoms with Crippen molar-refractivity contribution in [2.75, 3.05) is 11.9 Å². The van der Waals surface area contributed by atoms with E-state index in [0.717, 1.165) is 14.9 Å². The summed E-state index contributed by atoms with van der Waals surface area (Å²) < 4.78 is 0.894. The van der Waals surface area contributed by atoms with Crippen LogP contribution in [0.5, 0.6) is 0 Å². The Hall–Kier alpha value is -2.38. The Morgan fingerprint density at radius 2 is 1.89 bits per heavy atom. The number of carbonyl (C=O) groups is 3. The van der Waals surface area contributed by atoms with E-state index in [1.165, 1.54) is 0 Å². The molecule has 1 saturated heterocycles. The Labute approximate surface area is 170 Å². The van der Waals surface area contributed by atoms with Crippen molar-refractivity contribution < 1.29 is 14.4 Å². The first-order valence-corrected chi connectivity index (χ1v) is 9.34. The van der Waals surface area contributed by atoms with Crippen LogP contribution in [0.1, 0.15) is 18.1 Å². The van der Waals surface area contributed by atoms with E-state index in [4.69, 9.17) is 11.6 Å². The van der Waals surface area contributed by atoms with Gasteiger partial charge in [0.05, 0.1) is 0 Å². The van der Waals surface area contributed by atoms with Crippen LogP contribution in [0.15, 0.2) is 46.9 Å². The molecule has 0 bridgehead atoms. The maximum atomic E-state index is 12.8. The molecular formula is C19H17BrClN3O3. The van der Waals surface area contributed by atoms with Gasteiger partial charge >= 0.3 is 6.03 Å². The third kappa shape index (κ3) is 3.84. The van der Waals surface area contributed by atoms with Gasteiger partial charge in [-0.3, -0.25) is 14.5 Å². The zero-order chi connectivity index (χ0) is 19.8. The Kier molecular flexibility index (Phi) is 5.26. The monoisotopic (exact) mass is 449 g/mol. The first-order valence-electron chi connectivity index (χ1n) is 8.17. The number of anilines is 1. The van der Waals surface area contributed by atoms with Gasteiger partial charge in [-0.2, -0.15) is 0 Å². The lowest BCUT2D eigenvalue weighted by molar-refractivity contribution is -0.133. The summed E-state index contributed by atoms with van der Waals surface area (Å²) in [5, 5.41) is 5.92. The summed E-state index contributed by atoms with van der Waals surface area (Å²) in [6.45, 7) is 3.09. The number of rotatable bonds is 4. The van der Waals surface area contributed by atoms with Crippen LogP contribution in [-0.2, 0) is 15.1 Å². The van der Waals surface area contributed by atoms with Crippen molar-refractivity contribution in [2.24, 2.45) is 0 Å². The lowest BCUT2D eigenvalue weighted by Crippen LogP contribution is -2.42. The second-order valence-electron chi connectivity index (χ2n) is 6.46. The molecule has 3 rings (SSSR count). The molecule has 140 valence electrons. The topological polar surface area (TPSA) is 78.5 Å². The summed E-state index contributed by atoms with van der Waals surface area (Å²) in [5.74, 6) is -0.943. The van der Waals surface area contributed by atoms with E-state index in [-0.39, 0.29) is 6.54 Å². The molecule has 1 aliphatic heterocycles. The molecule has 0 aliphatic carbocycles. The van der Waals surface area contributed by atoms with Crippen LogP contribution in [-0.4, -0.2) is 29.3 Å². The lowest BCUT2D eigenvalue weighted by Gasteiger charge is -2.22. The predicted octanol–water partition coefficient (Wildman–Crippen LogP) is 3.82. The largest absolute Gasteiger partial charge is 0.325 e. The molecule has 0 radical (unpaired) electrons. The predicted molar refractivity (Wildman–Crippen MR) is 107 cm³/mol. The van der Waals surface area contributed by atoms with Crippen LogP contribution in [0.2, 0.25) is 5.02 Å². The van der Waals surface area contributed by atoms with Gasteiger partial charge in [-0.05, 0) is 55.3 Å². The molecule has 0 spiro atoms. The number of nitrogens with zero attached hydrogens (tertiary/aromatic N) is 1. The third-order valence-corrected chi connectivity index (χ3v) is 5.21. The van der Waals surface area contributed by atoms with Crippen molar-refractivity contribution in [2.45, 2.75) is 19.4 Å². The molecule has 2 aromatic rings. The number of nitrogens with one attached hydrogen (secondary N) is 2. The quantitative estimate of drug-likeness (QED) is 0.695. The highest BCUT2D eigenvalue weighted by molar-refractivity contribution is 9.10. The Morgan fingerprint density at radius 3 is 2.52 bits per heavy atom. The normalized spacial score (nSPS) is 19.2. The molecule has 1 fully saturated rings. The number of aryl methyl sites for hydroxylation is 1. The number of benzene rings is 2. The van der Waals surface area contributed by atoms with Gasteiger partial charge in [0.25, 0.3) is 5.91 Å². The van der Waals surface area contributed by atoms with Gasteiger partial charge in [0.1, 0.15) is 12.1 Å². The first-order chi connectivity index (χ1) is 12.7. The average molecular weight is 451 g/mol. The number of carbonyl (C=O) groups excluding carboxylic acids is 3. The fourth-order valence-corrected chi connectivity index (χ4v) is 3.52. The van der Waals surface area contributed by atoms with Crippen LogP contribution in [0.3, 0.4) is 0 Å². The molecule has 4 amide bonds. The molecule has 1 unspecified atom stereocenters. The molecular weight excluding hydrogens is 434 g/mol. The lowest BCUT2D eigenvalue weighted by atomic mass is 9.92. The van der Waals surface area contributed by atoms with Gasteiger partial charge in [-0.15, -0.1) is 0 Å². The summed E-state index contributed by atoms with van der Waals surface area (Å²) >= 11 is 9.25. The minimum absolute atomic E-state index is 0.372. The molecule has 1 aliphatic rings. The number of hydrogen-bond acceptors (Lipinski definition) is 3. The molecule has 27 heavy (non-hydrogen) atoms. The van der Waals surface area contributed by atoms with Crippen molar-refractivity contribution in [1.29, 1.82) is 0 Å². The summed E-state index contributed by atoms with van der Waals surface area (Å²) in [7, 11) is 0. The molecule has 1 atom stereocenters. The molecule has 8 heteroatoms. The Balaban J connectivity index is 1.75. The highest BCUT2D eigenvalue weighted by Crippen LogP contribution is 2.29. The van der Waals surface area contributed by atoms with Gasteiger partial charge < -0.3 is 10.6 Å². The van der Waals surface area contributed by atoms with E-state index in [9.17, 15) is 14.4 Å². The number of imide groups is 1. The van der Waals surface area contributed by atoms with E-state index < -0.39 is 23.4 Å². The molecule has 6 nitrogen and oxygen atoms in total. The second kappa shape index (κ2) is 7.32. The molecule has 1 heterocycles. The maximum Gasteiger partial charge on any atom is 0.325 e. The van der Waals surface area contributed by atoms with Crippen LogP contribution in [0.25, 0.3) is 0 Å². The van der Waals surface area contributed by atoms with E-state index in [0.29, 0.717) is 16.3 Å². The van der Waals surface area contributed by atoms with Crippen molar-refractivity contribution in [1.82, 2.24) is 10.2 Å². The van der Waals surface area contributed by atoms with Gasteiger partial charge in [0.2, 0.25) is 5.91 Å². The van der Waals surface area contributed by atoms with E-state index in [1.807, 2.05) is 13.0 Å². The van der Waals surface area contributed by atoms with Gasteiger partial charge in [-0.25, -0.2) is 4.79 Å². The summed E-state index contributed by atoms with van der Waals surface area (Å²) in [4.78, 5) is 38.5. The number of amides is 4. The van der Waals surface area contributed by atoms with Gasteiger partial charge in [0.15, 0.2) is 0 Å². The minimum atomic E-state index is -1.24. The maximum absolute atomic E-state index is 12.8. The molecule has 0 aromatic heterocycles. The zero-order valence-corrected chi connectivity index (χ0v) is 17.0. The van der Waals surface area contributed by atoms with Crippen molar-refractivity contribution in [3.8, 4) is 0 Å².